The third kappa shape index (κ3) is 4.32. The third-order valence-electron chi connectivity index (χ3n) is 4.02. The predicted molar refractivity (Wildman–Crippen MR) is 101 cm³/mol. The van der Waals surface area contributed by atoms with Gasteiger partial charge in [0.05, 0.1) is 17.7 Å². The fourth-order valence-electron chi connectivity index (χ4n) is 2.67. The summed E-state index contributed by atoms with van der Waals surface area (Å²) >= 11 is 0. The van der Waals surface area contributed by atoms with Crippen LogP contribution in [0, 0.1) is 5.82 Å². The van der Waals surface area contributed by atoms with Crippen LogP contribution < -0.4 is 15.6 Å². The molecule has 140 valence electrons. The van der Waals surface area contributed by atoms with Gasteiger partial charge < -0.3 is 19.4 Å². The summed E-state index contributed by atoms with van der Waals surface area (Å²) in [6, 6.07) is 12.7. The first-order chi connectivity index (χ1) is 13.1. The van der Waals surface area contributed by atoms with Crippen molar-refractivity contribution in [3.05, 3.63) is 70.9 Å². The Bertz CT molecular complexity index is 1020. The fourth-order valence-corrected chi connectivity index (χ4v) is 2.67. The predicted octanol–water partition coefficient (Wildman–Crippen LogP) is 2.80. The van der Waals surface area contributed by atoms with Gasteiger partial charge in [0.15, 0.2) is 6.61 Å². The van der Waals surface area contributed by atoms with Crippen LogP contribution in [0.3, 0.4) is 0 Å². The highest BCUT2D eigenvalue weighted by atomic mass is 19.1. The van der Waals surface area contributed by atoms with Gasteiger partial charge in [-0.05, 0) is 30.3 Å². The molecule has 1 amide bonds. The average molecular weight is 370 g/mol. The Labute approximate surface area is 155 Å². The summed E-state index contributed by atoms with van der Waals surface area (Å²) in [5, 5.41) is 3.55. The molecule has 3 aromatic rings. The van der Waals surface area contributed by atoms with Crippen LogP contribution in [0.4, 0.5) is 10.1 Å². The monoisotopic (exact) mass is 370 g/mol. The van der Waals surface area contributed by atoms with Gasteiger partial charge in [-0.2, -0.15) is 0 Å². The zero-order valence-corrected chi connectivity index (χ0v) is 14.8. The Balaban J connectivity index is 1.75. The minimum Gasteiger partial charge on any atom is -0.483 e. The van der Waals surface area contributed by atoms with E-state index in [9.17, 15) is 14.0 Å². The van der Waals surface area contributed by atoms with Crippen LogP contribution in [0.15, 0.2) is 59.5 Å². The number of rotatable bonds is 7. The summed E-state index contributed by atoms with van der Waals surface area (Å²) in [6.45, 7) is 0.569. The number of amides is 1. The highest BCUT2D eigenvalue weighted by Crippen LogP contribution is 2.23. The number of hydrogen-bond donors (Lipinski definition) is 1. The molecular formula is C20H19FN2O4. The molecule has 0 bridgehead atoms. The van der Waals surface area contributed by atoms with Crippen molar-refractivity contribution in [2.24, 2.45) is 0 Å². The van der Waals surface area contributed by atoms with Gasteiger partial charge >= 0.3 is 0 Å². The molecule has 0 saturated heterocycles. The van der Waals surface area contributed by atoms with Crippen molar-refractivity contribution in [3.63, 3.8) is 0 Å². The smallest absolute Gasteiger partial charge is 0.262 e. The lowest BCUT2D eigenvalue weighted by molar-refractivity contribution is -0.118. The molecule has 1 aromatic heterocycles. The zero-order chi connectivity index (χ0) is 19.2. The number of aromatic nitrogens is 1. The number of hydrogen-bond acceptors (Lipinski definition) is 4. The quantitative estimate of drug-likeness (QED) is 0.694. The largest absolute Gasteiger partial charge is 0.483 e. The van der Waals surface area contributed by atoms with E-state index in [-0.39, 0.29) is 17.9 Å². The van der Waals surface area contributed by atoms with Crippen molar-refractivity contribution >= 4 is 22.4 Å². The number of benzene rings is 2. The van der Waals surface area contributed by atoms with Gasteiger partial charge in [0.2, 0.25) is 0 Å². The number of carbonyl (C=O) groups is 1. The number of ether oxygens (including phenoxy) is 2. The molecule has 1 heterocycles. The molecule has 2 aromatic carbocycles. The van der Waals surface area contributed by atoms with Gasteiger partial charge in [-0.15, -0.1) is 0 Å². The first kappa shape index (κ1) is 18.6. The van der Waals surface area contributed by atoms with Crippen molar-refractivity contribution in [2.45, 2.75) is 6.54 Å². The van der Waals surface area contributed by atoms with Crippen LogP contribution in [0.25, 0.3) is 10.8 Å². The highest BCUT2D eigenvalue weighted by Gasteiger charge is 2.11. The van der Waals surface area contributed by atoms with Gasteiger partial charge in [-0.1, -0.05) is 18.2 Å². The van der Waals surface area contributed by atoms with Gasteiger partial charge in [0.1, 0.15) is 11.6 Å². The van der Waals surface area contributed by atoms with Crippen molar-refractivity contribution in [3.8, 4) is 5.75 Å². The maximum absolute atomic E-state index is 13.6. The Morgan fingerprint density at radius 3 is 2.70 bits per heavy atom. The summed E-state index contributed by atoms with van der Waals surface area (Å²) in [5.41, 5.74) is -0.0733. The van der Waals surface area contributed by atoms with Gasteiger partial charge in [-0.25, -0.2) is 4.39 Å². The van der Waals surface area contributed by atoms with Crippen LogP contribution >= 0.6 is 0 Å². The molecule has 0 radical (unpaired) electrons. The second-order valence-electron chi connectivity index (χ2n) is 5.84. The molecule has 7 heteroatoms. The summed E-state index contributed by atoms with van der Waals surface area (Å²) in [6.07, 6.45) is 1.66. The van der Waals surface area contributed by atoms with E-state index in [0.717, 1.165) is 0 Å². The van der Waals surface area contributed by atoms with Crippen LogP contribution in [0.1, 0.15) is 0 Å². The van der Waals surface area contributed by atoms with Gasteiger partial charge in [0.25, 0.3) is 11.5 Å². The van der Waals surface area contributed by atoms with E-state index in [0.29, 0.717) is 29.7 Å². The van der Waals surface area contributed by atoms with E-state index in [1.54, 1.807) is 48.2 Å². The third-order valence-corrected chi connectivity index (χ3v) is 4.02. The molecule has 6 nitrogen and oxygen atoms in total. The second kappa shape index (κ2) is 8.46. The van der Waals surface area contributed by atoms with Gasteiger partial charge in [-0.3, -0.25) is 9.59 Å². The summed E-state index contributed by atoms with van der Waals surface area (Å²) in [7, 11) is 1.57. The number of nitrogens with zero attached hydrogens (tertiary/aromatic N) is 1. The number of para-hydroxylation sites is 1. The maximum atomic E-state index is 13.6. The molecule has 0 spiro atoms. The van der Waals surface area contributed by atoms with E-state index >= 15 is 0 Å². The number of halogens is 1. The molecule has 3 rings (SSSR count). The minimum atomic E-state index is -0.521. The van der Waals surface area contributed by atoms with E-state index in [4.69, 9.17) is 9.47 Å². The SMILES string of the molecule is COCCn1ccc2c(OCC(=O)Nc3ccccc3F)cccc2c1=O. The van der Waals surface area contributed by atoms with E-state index in [1.165, 1.54) is 18.2 Å². The number of fused-ring (bicyclic) bond motifs is 1. The Morgan fingerprint density at radius 1 is 1.11 bits per heavy atom. The molecule has 0 aliphatic rings. The van der Waals surface area contributed by atoms with Crippen LogP contribution in [-0.2, 0) is 16.1 Å². The first-order valence-corrected chi connectivity index (χ1v) is 8.38. The molecule has 0 fully saturated rings. The normalized spacial score (nSPS) is 10.7. The number of methoxy groups -OCH3 is 1. The Kier molecular flexibility index (Phi) is 5.83. The van der Waals surface area contributed by atoms with Crippen LogP contribution in [0.2, 0.25) is 0 Å². The topological polar surface area (TPSA) is 69.6 Å². The molecule has 0 unspecified atom stereocenters. The van der Waals surface area contributed by atoms with Crippen molar-refractivity contribution in [2.75, 3.05) is 25.6 Å². The van der Waals surface area contributed by atoms with Gasteiger partial charge in [0, 0.05) is 25.2 Å². The number of anilines is 1. The number of nitrogens with one attached hydrogen (secondary N) is 1. The van der Waals surface area contributed by atoms with Crippen molar-refractivity contribution < 1.29 is 18.7 Å². The fraction of sp³-hybridized carbons (Fsp3) is 0.200. The van der Waals surface area contributed by atoms with E-state index in [1.807, 2.05) is 0 Å². The zero-order valence-electron chi connectivity index (χ0n) is 14.8. The molecule has 0 atom stereocenters. The highest BCUT2D eigenvalue weighted by molar-refractivity contribution is 5.93. The lowest BCUT2D eigenvalue weighted by Gasteiger charge is -2.11. The summed E-state index contributed by atoms with van der Waals surface area (Å²) < 4.78 is 25.7. The maximum Gasteiger partial charge on any atom is 0.262 e. The molecule has 0 aliphatic heterocycles. The lowest BCUT2D eigenvalue weighted by atomic mass is 10.1. The average Bonchev–Trinajstić information content (AvgIpc) is 2.68. The number of pyridine rings is 1. The molecule has 0 saturated carbocycles. The summed E-state index contributed by atoms with van der Waals surface area (Å²) in [5.74, 6) is -0.606. The minimum absolute atomic E-state index is 0.0880. The Morgan fingerprint density at radius 2 is 1.93 bits per heavy atom. The summed E-state index contributed by atoms with van der Waals surface area (Å²) in [4.78, 5) is 24.6. The first-order valence-electron chi connectivity index (χ1n) is 8.38. The molecule has 0 aliphatic carbocycles. The van der Waals surface area contributed by atoms with Crippen LogP contribution in [0.5, 0.6) is 5.75 Å². The molecule has 27 heavy (non-hydrogen) atoms. The molecule has 1 N–H and O–H groups in total. The lowest BCUT2D eigenvalue weighted by Crippen LogP contribution is -2.22. The van der Waals surface area contributed by atoms with Crippen LogP contribution in [-0.4, -0.2) is 30.8 Å². The molecular weight excluding hydrogens is 351 g/mol. The van der Waals surface area contributed by atoms with Crippen molar-refractivity contribution in [1.29, 1.82) is 0 Å². The second-order valence-corrected chi connectivity index (χ2v) is 5.84. The van der Waals surface area contributed by atoms with Crippen molar-refractivity contribution in [1.82, 2.24) is 4.57 Å². The standard InChI is InChI=1S/C20H19FN2O4/c1-26-12-11-23-10-9-14-15(20(23)25)5-4-8-18(14)27-13-19(24)22-17-7-3-2-6-16(17)21/h2-10H,11-13H2,1H3,(H,22,24). The Hall–Kier alpha value is -3.19. The van der Waals surface area contributed by atoms with E-state index in [2.05, 4.69) is 5.32 Å². The number of carbonyl (C=O) groups excluding carboxylic acids is 1. The van der Waals surface area contributed by atoms with E-state index < -0.39 is 11.7 Å².